The van der Waals surface area contributed by atoms with E-state index in [1.165, 1.54) is 12.4 Å². The fourth-order valence-electron chi connectivity index (χ4n) is 2.25. The quantitative estimate of drug-likeness (QED) is 0.720. The molecule has 6 nitrogen and oxygen atoms in total. The van der Waals surface area contributed by atoms with Crippen LogP contribution >= 0.6 is 11.6 Å². The van der Waals surface area contributed by atoms with Gasteiger partial charge in [0.05, 0.1) is 23.6 Å². The van der Waals surface area contributed by atoms with Crippen LogP contribution in [0.4, 0.5) is 17.2 Å². The maximum absolute atomic E-state index is 12.3. The van der Waals surface area contributed by atoms with Crippen LogP contribution < -0.4 is 10.6 Å². The highest BCUT2D eigenvalue weighted by molar-refractivity contribution is 6.31. The number of hydrogen-bond donors (Lipinski definition) is 2. The predicted molar refractivity (Wildman–Crippen MR) is 101 cm³/mol. The van der Waals surface area contributed by atoms with Crippen molar-refractivity contribution >= 4 is 34.7 Å². The van der Waals surface area contributed by atoms with E-state index in [1.807, 2.05) is 19.1 Å². The van der Waals surface area contributed by atoms with Crippen molar-refractivity contribution in [2.75, 3.05) is 10.6 Å². The minimum Gasteiger partial charge on any atom is -0.338 e. The Morgan fingerprint density at radius 2 is 1.92 bits per heavy atom. The molecule has 0 saturated carbocycles. The monoisotopic (exact) mass is 363 g/mol. The second kappa shape index (κ2) is 7.64. The Labute approximate surface area is 155 Å². The molecule has 0 spiro atoms. The maximum Gasteiger partial charge on any atom is 0.275 e. The Bertz CT molecular complexity index is 996. The molecule has 1 aromatic heterocycles. The van der Waals surface area contributed by atoms with Gasteiger partial charge in [0, 0.05) is 10.7 Å². The van der Waals surface area contributed by atoms with Gasteiger partial charge in [-0.3, -0.25) is 4.79 Å². The molecule has 0 aliphatic heterocycles. The molecule has 26 heavy (non-hydrogen) atoms. The van der Waals surface area contributed by atoms with Crippen LogP contribution in [0.1, 0.15) is 21.6 Å². The van der Waals surface area contributed by atoms with Gasteiger partial charge >= 0.3 is 0 Å². The van der Waals surface area contributed by atoms with Gasteiger partial charge in [-0.1, -0.05) is 29.8 Å². The number of nitrogens with zero attached hydrogens (tertiary/aromatic N) is 3. The number of carbonyl (C=O) groups is 1. The number of hydrogen-bond acceptors (Lipinski definition) is 5. The van der Waals surface area contributed by atoms with E-state index in [2.05, 4.69) is 26.7 Å². The summed E-state index contributed by atoms with van der Waals surface area (Å²) >= 11 is 5.96. The first-order valence-electron chi connectivity index (χ1n) is 7.72. The summed E-state index contributed by atoms with van der Waals surface area (Å²) in [6, 6.07) is 14.4. The second-order valence-electron chi connectivity index (χ2n) is 5.48. The summed E-state index contributed by atoms with van der Waals surface area (Å²) in [5.41, 5.74) is 2.80. The Morgan fingerprint density at radius 3 is 2.65 bits per heavy atom. The number of nitrogens with one attached hydrogen (secondary N) is 2. The number of anilines is 3. The van der Waals surface area contributed by atoms with E-state index in [0.717, 1.165) is 5.56 Å². The Balaban J connectivity index is 1.74. The standard InChI is InChI=1S/C19H14ClN5O/c1-12-6-7-14(20)8-16(12)25-19(26)17-10-23-18(11-22-17)24-15-5-3-2-4-13(15)9-21/h2-8,10-11H,1H3,(H,23,24)(H,25,26). The molecule has 0 aliphatic carbocycles. The van der Waals surface area contributed by atoms with Crippen LogP contribution in [0.15, 0.2) is 54.9 Å². The number of rotatable bonds is 4. The lowest BCUT2D eigenvalue weighted by Gasteiger charge is -2.09. The largest absolute Gasteiger partial charge is 0.338 e. The Kier molecular flexibility index (Phi) is 5.11. The van der Waals surface area contributed by atoms with Gasteiger partial charge in [-0.25, -0.2) is 9.97 Å². The highest BCUT2D eigenvalue weighted by Gasteiger charge is 2.11. The van der Waals surface area contributed by atoms with E-state index >= 15 is 0 Å². The Hall–Kier alpha value is -3.43. The molecule has 0 atom stereocenters. The average Bonchev–Trinajstić information content (AvgIpc) is 2.65. The molecule has 2 aromatic carbocycles. The van der Waals surface area contributed by atoms with Crippen molar-refractivity contribution in [1.82, 2.24) is 9.97 Å². The predicted octanol–water partition coefficient (Wildman–Crippen LogP) is 4.31. The zero-order valence-corrected chi connectivity index (χ0v) is 14.6. The highest BCUT2D eigenvalue weighted by atomic mass is 35.5. The topological polar surface area (TPSA) is 90.7 Å². The third-order valence-corrected chi connectivity index (χ3v) is 3.88. The van der Waals surface area contributed by atoms with Gasteiger partial charge in [0.15, 0.2) is 0 Å². The summed E-state index contributed by atoms with van der Waals surface area (Å²) < 4.78 is 0. The zero-order chi connectivity index (χ0) is 18.5. The van der Waals surface area contributed by atoms with Gasteiger partial charge < -0.3 is 10.6 Å². The number of para-hydroxylation sites is 1. The summed E-state index contributed by atoms with van der Waals surface area (Å²) in [5, 5.41) is 15.4. The van der Waals surface area contributed by atoms with Gasteiger partial charge in [-0.2, -0.15) is 5.26 Å². The van der Waals surface area contributed by atoms with Crippen LogP contribution in [0.25, 0.3) is 0 Å². The average molecular weight is 364 g/mol. The lowest BCUT2D eigenvalue weighted by atomic mass is 10.2. The van der Waals surface area contributed by atoms with Crippen molar-refractivity contribution in [2.45, 2.75) is 6.92 Å². The van der Waals surface area contributed by atoms with Gasteiger partial charge in [-0.15, -0.1) is 0 Å². The van der Waals surface area contributed by atoms with Crippen molar-refractivity contribution in [3.63, 3.8) is 0 Å². The van der Waals surface area contributed by atoms with Crippen LogP contribution in [0.3, 0.4) is 0 Å². The van der Waals surface area contributed by atoms with E-state index in [-0.39, 0.29) is 11.6 Å². The van der Waals surface area contributed by atoms with Crippen molar-refractivity contribution in [2.24, 2.45) is 0 Å². The number of aromatic nitrogens is 2. The van der Waals surface area contributed by atoms with E-state index < -0.39 is 0 Å². The van der Waals surface area contributed by atoms with Crippen LogP contribution in [-0.2, 0) is 0 Å². The molecule has 2 N–H and O–H groups in total. The number of halogens is 1. The lowest BCUT2D eigenvalue weighted by molar-refractivity contribution is 0.102. The molecule has 0 radical (unpaired) electrons. The van der Waals surface area contributed by atoms with E-state index in [1.54, 1.807) is 30.3 Å². The molecule has 3 rings (SSSR count). The minimum absolute atomic E-state index is 0.170. The summed E-state index contributed by atoms with van der Waals surface area (Å²) in [5.74, 6) is 0.0510. The number of benzene rings is 2. The van der Waals surface area contributed by atoms with Crippen molar-refractivity contribution < 1.29 is 4.79 Å². The molecule has 3 aromatic rings. The summed E-state index contributed by atoms with van der Waals surface area (Å²) in [4.78, 5) is 20.6. The van der Waals surface area contributed by atoms with E-state index in [4.69, 9.17) is 16.9 Å². The SMILES string of the molecule is Cc1ccc(Cl)cc1NC(=O)c1cnc(Nc2ccccc2C#N)cn1. The van der Waals surface area contributed by atoms with Crippen molar-refractivity contribution in [3.05, 3.63) is 76.7 Å². The summed E-state index contributed by atoms with van der Waals surface area (Å²) in [6.07, 6.45) is 2.81. The molecule has 1 amide bonds. The fraction of sp³-hybridized carbons (Fsp3) is 0.0526. The van der Waals surface area contributed by atoms with Crippen molar-refractivity contribution in [3.8, 4) is 6.07 Å². The van der Waals surface area contributed by atoms with Crippen LogP contribution in [0.5, 0.6) is 0 Å². The summed E-state index contributed by atoms with van der Waals surface area (Å²) in [7, 11) is 0. The molecule has 128 valence electrons. The molecule has 1 heterocycles. The molecular formula is C19H14ClN5O. The number of aryl methyl sites for hydroxylation is 1. The zero-order valence-electron chi connectivity index (χ0n) is 13.8. The van der Waals surface area contributed by atoms with Gasteiger partial charge in [0.25, 0.3) is 5.91 Å². The number of carbonyl (C=O) groups excluding carboxylic acids is 1. The number of nitriles is 1. The second-order valence-corrected chi connectivity index (χ2v) is 5.92. The van der Waals surface area contributed by atoms with Crippen LogP contribution in [0, 0.1) is 18.3 Å². The van der Waals surface area contributed by atoms with Crippen LogP contribution in [-0.4, -0.2) is 15.9 Å². The lowest BCUT2D eigenvalue weighted by Crippen LogP contribution is -2.15. The maximum atomic E-state index is 12.3. The third-order valence-electron chi connectivity index (χ3n) is 3.64. The Morgan fingerprint density at radius 1 is 1.12 bits per heavy atom. The first-order chi connectivity index (χ1) is 12.6. The van der Waals surface area contributed by atoms with Crippen LogP contribution in [0.2, 0.25) is 5.02 Å². The normalized spacial score (nSPS) is 10.0. The first kappa shape index (κ1) is 17.4. The molecule has 0 fully saturated rings. The van der Waals surface area contributed by atoms with E-state index in [9.17, 15) is 4.79 Å². The first-order valence-corrected chi connectivity index (χ1v) is 8.10. The number of amides is 1. The molecular weight excluding hydrogens is 350 g/mol. The molecule has 0 bridgehead atoms. The molecule has 7 heteroatoms. The highest BCUT2D eigenvalue weighted by Crippen LogP contribution is 2.21. The van der Waals surface area contributed by atoms with Crippen molar-refractivity contribution in [1.29, 1.82) is 5.26 Å². The molecule has 0 unspecified atom stereocenters. The van der Waals surface area contributed by atoms with Gasteiger partial charge in [0.1, 0.15) is 17.6 Å². The summed E-state index contributed by atoms with van der Waals surface area (Å²) in [6.45, 7) is 1.87. The smallest absolute Gasteiger partial charge is 0.275 e. The minimum atomic E-state index is -0.383. The third kappa shape index (κ3) is 3.97. The molecule has 0 aliphatic rings. The molecule has 0 saturated heterocycles. The fourth-order valence-corrected chi connectivity index (χ4v) is 2.42. The van der Waals surface area contributed by atoms with E-state index in [0.29, 0.717) is 27.8 Å². The van der Waals surface area contributed by atoms with Gasteiger partial charge in [0.2, 0.25) is 0 Å². The van der Waals surface area contributed by atoms with Gasteiger partial charge in [-0.05, 0) is 36.8 Å².